The summed E-state index contributed by atoms with van der Waals surface area (Å²) < 4.78 is 40.3. The van der Waals surface area contributed by atoms with E-state index in [0.717, 1.165) is 5.56 Å². The fourth-order valence-corrected chi connectivity index (χ4v) is 1.42. The number of nitrogens with zero attached hydrogens (tertiary/aromatic N) is 2. The molecule has 1 aromatic heterocycles. The van der Waals surface area contributed by atoms with Crippen LogP contribution in [0.25, 0.3) is 0 Å². The maximum Gasteiger partial charge on any atom is 0.522 e. The largest absolute Gasteiger partial charge is 0.522 e. The molecule has 1 aromatic rings. The SMILES string of the molecule is FC(F)(F)OCCn1cc(CNC2CC2)cn1. The van der Waals surface area contributed by atoms with Crippen molar-refractivity contribution in [3.8, 4) is 0 Å². The molecule has 17 heavy (non-hydrogen) atoms. The van der Waals surface area contributed by atoms with E-state index in [9.17, 15) is 13.2 Å². The van der Waals surface area contributed by atoms with Crippen LogP contribution in [0.15, 0.2) is 12.4 Å². The summed E-state index contributed by atoms with van der Waals surface area (Å²) in [6.07, 6.45) is 1.22. The summed E-state index contributed by atoms with van der Waals surface area (Å²) in [4.78, 5) is 0. The number of aromatic nitrogens is 2. The van der Waals surface area contributed by atoms with Gasteiger partial charge in [0.1, 0.15) is 0 Å². The second-order valence-electron chi connectivity index (χ2n) is 4.06. The number of hydrogen-bond donors (Lipinski definition) is 1. The lowest BCUT2D eigenvalue weighted by atomic mass is 10.3. The Hall–Kier alpha value is -1.08. The van der Waals surface area contributed by atoms with E-state index in [1.807, 2.05) is 0 Å². The second kappa shape index (κ2) is 5.05. The number of nitrogens with one attached hydrogen (secondary N) is 1. The van der Waals surface area contributed by atoms with Crippen LogP contribution in [-0.4, -0.2) is 28.8 Å². The summed E-state index contributed by atoms with van der Waals surface area (Å²) in [5.41, 5.74) is 0.976. The van der Waals surface area contributed by atoms with Crippen LogP contribution in [0.1, 0.15) is 18.4 Å². The van der Waals surface area contributed by atoms with Gasteiger partial charge in [0.15, 0.2) is 0 Å². The molecule has 0 spiro atoms. The predicted octanol–water partition coefficient (Wildman–Crippen LogP) is 1.67. The van der Waals surface area contributed by atoms with Gasteiger partial charge in [-0.05, 0) is 12.8 Å². The average Bonchev–Trinajstić information content (AvgIpc) is 2.95. The van der Waals surface area contributed by atoms with E-state index >= 15 is 0 Å². The van der Waals surface area contributed by atoms with Gasteiger partial charge in [0, 0.05) is 24.3 Å². The number of ether oxygens (including phenoxy) is 1. The van der Waals surface area contributed by atoms with Gasteiger partial charge >= 0.3 is 6.36 Å². The molecule has 0 aliphatic heterocycles. The monoisotopic (exact) mass is 249 g/mol. The van der Waals surface area contributed by atoms with Crippen LogP contribution in [0.2, 0.25) is 0 Å². The molecule has 1 heterocycles. The van der Waals surface area contributed by atoms with E-state index in [1.165, 1.54) is 17.5 Å². The van der Waals surface area contributed by atoms with Gasteiger partial charge in [-0.15, -0.1) is 13.2 Å². The van der Waals surface area contributed by atoms with Crippen molar-refractivity contribution in [1.29, 1.82) is 0 Å². The lowest BCUT2D eigenvalue weighted by Gasteiger charge is -2.06. The highest BCUT2D eigenvalue weighted by Crippen LogP contribution is 2.19. The zero-order valence-electron chi connectivity index (χ0n) is 9.20. The molecular formula is C10H14F3N3O. The van der Waals surface area contributed by atoms with Gasteiger partial charge in [-0.1, -0.05) is 0 Å². The minimum absolute atomic E-state index is 0.100. The molecule has 0 atom stereocenters. The maximum absolute atomic E-state index is 11.7. The Balaban J connectivity index is 1.69. The molecule has 1 aliphatic rings. The molecule has 1 saturated carbocycles. The Bertz CT molecular complexity index is 360. The second-order valence-corrected chi connectivity index (χ2v) is 4.06. The standard InChI is InChI=1S/C10H14F3N3O/c11-10(12,13)17-4-3-16-7-8(6-15-16)5-14-9-1-2-9/h6-7,9,14H,1-5H2. The van der Waals surface area contributed by atoms with Crippen molar-refractivity contribution in [3.05, 3.63) is 18.0 Å². The molecule has 1 fully saturated rings. The summed E-state index contributed by atoms with van der Waals surface area (Å²) in [6.45, 7) is 0.397. The zero-order valence-corrected chi connectivity index (χ0v) is 9.20. The molecular weight excluding hydrogens is 235 g/mol. The van der Waals surface area contributed by atoms with Gasteiger partial charge in [0.2, 0.25) is 0 Å². The van der Waals surface area contributed by atoms with Crippen LogP contribution < -0.4 is 5.32 Å². The molecule has 0 radical (unpaired) electrons. The number of hydrogen-bond acceptors (Lipinski definition) is 3. The van der Waals surface area contributed by atoms with E-state index in [0.29, 0.717) is 12.6 Å². The molecule has 1 aliphatic carbocycles. The van der Waals surface area contributed by atoms with Gasteiger partial charge in [0.25, 0.3) is 0 Å². The molecule has 0 aromatic carbocycles. The van der Waals surface area contributed by atoms with E-state index in [-0.39, 0.29) is 6.54 Å². The Morgan fingerprint density at radius 2 is 2.24 bits per heavy atom. The number of alkyl halides is 3. The third-order valence-electron chi connectivity index (χ3n) is 2.45. The Morgan fingerprint density at radius 3 is 2.88 bits per heavy atom. The molecule has 4 nitrogen and oxygen atoms in total. The van der Waals surface area contributed by atoms with Crippen molar-refractivity contribution >= 4 is 0 Å². The lowest BCUT2D eigenvalue weighted by molar-refractivity contribution is -0.325. The molecule has 7 heteroatoms. The van der Waals surface area contributed by atoms with Crippen molar-refractivity contribution in [2.45, 2.75) is 38.3 Å². The summed E-state index contributed by atoms with van der Waals surface area (Å²) in [5, 5.41) is 7.27. The smallest absolute Gasteiger partial charge is 0.310 e. The summed E-state index contributed by atoms with van der Waals surface area (Å²) in [6, 6.07) is 0.604. The molecule has 0 bridgehead atoms. The highest BCUT2D eigenvalue weighted by Gasteiger charge is 2.28. The first-order valence-corrected chi connectivity index (χ1v) is 5.48. The summed E-state index contributed by atoms with van der Waals surface area (Å²) >= 11 is 0. The first-order valence-electron chi connectivity index (χ1n) is 5.48. The molecule has 0 amide bonds. The van der Waals surface area contributed by atoms with Gasteiger partial charge in [-0.2, -0.15) is 5.10 Å². The van der Waals surface area contributed by atoms with E-state index in [2.05, 4.69) is 15.2 Å². The van der Waals surface area contributed by atoms with Crippen LogP contribution >= 0.6 is 0 Å². The predicted molar refractivity (Wildman–Crippen MR) is 54.1 cm³/mol. The Kier molecular flexibility index (Phi) is 3.68. The molecule has 1 N–H and O–H groups in total. The number of halogens is 3. The number of rotatable bonds is 6. The van der Waals surface area contributed by atoms with Crippen LogP contribution in [0.5, 0.6) is 0 Å². The Labute approximate surface area is 96.7 Å². The van der Waals surface area contributed by atoms with Gasteiger partial charge < -0.3 is 5.32 Å². The van der Waals surface area contributed by atoms with Gasteiger partial charge in [-0.25, -0.2) is 0 Å². The summed E-state index contributed by atoms with van der Waals surface area (Å²) in [7, 11) is 0. The average molecular weight is 249 g/mol. The minimum atomic E-state index is -4.57. The van der Waals surface area contributed by atoms with Crippen LogP contribution in [0.3, 0.4) is 0 Å². The third-order valence-corrected chi connectivity index (χ3v) is 2.45. The first kappa shape index (κ1) is 12.4. The highest BCUT2D eigenvalue weighted by atomic mass is 19.4. The topological polar surface area (TPSA) is 39.1 Å². The molecule has 2 rings (SSSR count). The van der Waals surface area contributed by atoms with Crippen LogP contribution in [-0.2, 0) is 17.8 Å². The van der Waals surface area contributed by atoms with Gasteiger partial charge in [-0.3, -0.25) is 9.42 Å². The quantitative estimate of drug-likeness (QED) is 0.833. The molecule has 0 saturated heterocycles. The summed E-state index contributed by atoms with van der Waals surface area (Å²) in [5.74, 6) is 0. The highest BCUT2D eigenvalue weighted by molar-refractivity contribution is 5.04. The fourth-order valence-electron chi connectivity index (χ4n) is 1.42. The lowest BCUT2D eigenvalue weighted by Crippen LogP contribution is -2.17. The van der Waals surface area contributed by atoms with Crippen molar-refractivity contribution in [2.75, 3.05) is 6.61 Å². The third kappa shape index (κ3) is 4.74. The maximum atomic E-state index is 11.7. The minimum Gasteiger partial charge on any atom is -0.310 e. The van der Waals surface area contributed by atoms with E-state index in [4.69, 9.17) is 0 Å². The molecule has 0 unspecified atom stereocenters. The fraction of sp³-hybridized carbons (Fsp3) is 0.700. The Morgan fingerprint density at radius 1 is 1.47 bits per heavy atom. The van der Waals surface area contributed by atoms with E-state index in [1.54, 1.807) is 12.4 Å². The normalized spacial score (nSPS) is 16.4. The first-order chi connectivity index (χ1) is 8.03. The van der Waals surface area contributed by atoms with Gasteiger partial charge in [0.05, 0.1) is 19.3 Å². The van der Waals surface area contributed by atoms with Crippen molar-refractivity contribution in [3.63, 3.8) is 0 Å². The van der Waals surface area contributed by atoms with Crippen molar-refractivity contribution in [1.82, 2.24) is 15.1 Å². The van der Waals surface area contributed by atoms with Crippen molar-refractivity contribution < 1.29 is 17.9 Å². The van der Waals surface area contributed by atoms with Crippen molar-refractivity contribution in [2.24, 2.45) is 0 Å². The zero-order chi connectivity index (χ0) is 12.3. The van der Waals surface area contributed by atoms with Crippen LogP contribution in [0.4, 0.5) is 13.2 Å². The van der Waals surface area contributed by atoms with E-state index < -0.39 is 13.0 Å². The van der Waals surface area contributed by atoms with Crippen LogP contribution in [0, 0.1) is 0 Å². The molecule has 96 valence electrons.